The van der Waals surface area contributed by atoms with Crippen LogP contribution in [0.4, 0.5) is 0 Å². The SMILES string of the molecule is CCOC(=O)c1c(C)[nH]c(/C=C(\C#N)c2nc3ccccc3[nH]2)c1C. The van der Waals surface area contributed by atoms with Gasteiger partial charge in [0.15, 0.2) is 0 Å². The number of carbonyl (C=O) groups excluding carboxylic acids is 1. The van der Waals surface area contributed by atoms with Crippen LogP contribution in [0.5, 0.6) is 0 Å². The molecule has 3 aromatic rings. The van der Waals surface area contributed by atoms with Crippen molar-refractivity contribution in [2.75, 3.05) is 6.61 Å². The second-order valence-electron chi connectivity index (χ2n) is 5.66. The first kappa shape index (κ1) is 16.5. The van der Waals surface area contributed by atoms with E-state index in [0.717, 1.165) is 16.6 Å². The number of nitrogens with one attached hydrogen (secondary N) is 2. The number of fused-ring (bicyclic) bond motifs is 1. The van der Waals surface area contributed by atoms with Crippen molar-refractivity contribution >= 4 is 28.7 Å². The molecule has 0 radical (unpaired) electrons. The van der Waals surface area contributed by atoms with Crippen molar-refractivity contribution in [1.82, 2.24) is 15.0 Å². The number of para-hydroxylation sites is 2. The van der Waals surface area contributed by atoms with Gasteiger partial charge < -0.3 is 14.7 Å². The van der Waals surface area contributed by atoms with Crippen LogP contribution in [0.2, 0.25) is 0 Å². The molecule has 0 aliphatic carbocycles. The van der Waals surface area contributed by atoms with Crippen molar-refractivity contribution < 1.29 is 9.53 Å². The lowest BCUT2D eigenvalue weighted by Crippen LogP contribution is -2.06. The average Bonchev–Trinajstić information content (AvgIpc) is 3.13. The van der Waals surface area contributed by atoms with Gasteiger partial charge in [-0.1, -0.05) is 12.1 Å². The third-order valence-corrected chi connectivity index (χ3v) is 4.01. The molecule has 6 nitrogen and oxygen atoms in total. The number of H-pyrrole nitrogens is 2. The second kappa shape index (κ2) is 6.65. The molecule has 0 amide bonds. The number of ether oxygens (including phenoxy) is 1. The molecular formula is C19H18N4O2. The zero-order valence-corrected chi connectivity index (χ0v) is 14.3. The van der Waals surface area contributed by atoms with E-state index in [1.54, 1.807) is 13.0 Å². The third-order valence-electron chi connectivity index (χ3n) is 4.01. The standard InChI is InChI=1S/C19H18N4O2/c1-4-25-19(24)17-11(2)16(21-12(17)3)9-13(10-20)18-22-14-7-5-6-8-15(14)23-18/h5-9,21H,4H2,1-3H3,(H,22,23)/b13-9+. The molecule has 0 fully saturated rings. The molecule has 2 aromatic heterocycles. The van der Waals surface area contributed by atoms with Gasteiger partial charge in [-0.15, -0.1) is 0 Å². The Morgan fingerprint density at radius 3 is 2.76 bits per heavy atom. The number of hydrogen-bond acceptors (Lipinski definition) is 4. The van der Waals surface area contributed by atoms with E-state index in [-0.39, 0.29) is 5.97 Å². The Kier molecular flexibility index (Phi) is 4.40. The van der Waals surface area contributed by atoms with Gasteiger partial charge in [0.1, 0.15) is 11.9 Å². The number of aryl methyl sites for hydroxylation is 1. The Balaban J connectivity index is 2.05. The summed E-state index contributed by atoms with van der Waals surface area (Å²) < 4.78 is 5.10. The average molecular weight is 334 g/mol. The van der Waals surface area contributed by atoms with Crippen LogP contribution in [0.1, 0.15) is 40.1 Å². The first-order chi connectivity index (χ1) is 12.0. The van der Waals surface area contributed by atoms with Gasteiger partial charge in [0.25, 0.3) is 0 Å². The Hall–Kier alpha value is -3.33. The summed E-state index contributed by atoms with van der Waals surface area (Å²) in [5.41, 5.74) is 4.71. The molecule has 2 N–H and O–H groups in total. The minimum absolute atomic E-state index is 0.316. The Morgan fingerprint density at radius 1 is 1.32 bits per heavy atom. The van der Waals surface area contributed by atoms with Crippen LogP contribution < -0.4 is 0 Å². The number of benzene rings is 1. The fraction of sp³-hybridized carbons (Fsp3) is 0.211. The molecule has 6 heteroatoms. The maximum absolute atomic E-state index is 12.1. The van der Waals surface area contributed by atoms with Gasteiger partial charge in [-0.3, -0.25) is 0 Å². The van der Waals surface area contributed by atoms with Crippen molar-refractivity contribution in [3.05, 3.63) is 52.6 Å². The van der Waals surface area contributed by atoms with Crippen LogP contribution in [0.25, 0.3) is 22.7 Å². The van der Waals surface area contributed by atoms with Gasteiger partial charge in [0, 0.05) is 11.4 Å². The Bertz CT molecular complexity index is 985. The van der Waals surface area contributed by atoms with Crippen LogP contribution in [0, 0.1) is 25.2 Å². The summed E-state index contributed by atoms with van der Waals surface area (Å²) in [6.45, 7) is 5.72. The summed E-state index contributed by atoms with van der Waals surface area (Å²) in [4.78, 5) is 22.8. The molecule has 1 aromatic carbocycles. The zero-order chi connectivity index (χ0) is 18.0. The quantitative estimate of drug-likeness (QED) is 0.561. The van der Waals surface area contributed by atoms with Gasteiger partial charge in [-0.05, 0) is 44.5 Å². The lowest BCUT2D eigenvalue weighted by molar-refractivity contribution is 0.0525. The number of nitrogens with zero attached hydrogens (tertiary/aromatic N) is 2. The van der Waals surface area contributed by atoms with Crippen LogP contribution in [-0.4, -0.2) is 27.5 Å². The Morgan fingerprint density at radius 2 is 2.08 bits per heavy atom. The number of aromatic nitrogens is 3. The minimum Gasteiger partial charge on any atom is -0.462 e. The van der Waals surface area contributed by atoms with Gasteiger partial charge in [-0.2, -0.15) is 5.26 Å². The number of rotatable bonds is 4. The van der Waals surface area contributed by atoms with Crippen molar-refractivity contribution in [1.29, 1.82) is 5.26 Å². The van der Waals surface area contributed by atoms with Crippen LogP contribution in [0.15, 0.2) is 24.3 Å². The lowest BCUT2D eigenvalue weighted by atomic mass is 10.1. The number of nitriles is 1. The highest BCUT2D eigenvalue weighted by Crippen LogP contribution is 2.24. The summed E-state index contributed by atoms with van der Waals surface area (Å²) in [6, 6.07) is 9.76. The van der Waals surface area contributed by atoms with Crippen LogP contribution in [-0.2, 0) is 4.74 Å². The first-order valence-electron chi connectivity index (χ1n) is 7.98. The van der Waals surface area contributed by atoms with Crippen LogP contribution in [0.3, 0.4) is 0 Å². The number of hydrogen-bond donors (Lipinski definition) is 2. The highest BCUT2D eigenvalue weighted by molar-refractivity contribution is 5.96. The van der Waals surface area contributed by atoms with E-state index in [4.69, 9.17) is 4.74 Å². The molecule has 126 valence electrons. The minimum atomic E-state index is -0.365. The van der Waals surface area contributed by atoms with Crippen molar-refractivity contribution in [2.24, 2.45) is 0 Å². The molecule has 0 saturated heterocycles. The predicted molar refractivity (Wildman–Crippen MR) is 95.8 cm³/mol. The van der Waals surface area contributed by atoms with Crippen molar-refractivity contribution in [3.63, 3.8) is 0 Å². The van der Waals surface area contributed by atoms with E-state index >= 15 is 0 Å². The number of allylic oxidation sites excluding steroid dienone is 1. The van der Waals surface area contributed by atoms with E-state index in [1.165, 1.54) is 0 Å². The maximum atomic E-state index is 12.1. The van der Waals surface area contributed by atoms with Gasteiger partial charge in [0.2, 0.25) is 0 Å². The summed E-state index contributed by atoms with van der Waals surface area (Å²) in [7, 11) is 0. The third kappa shape index (κ3) is 3.04. The molecule has 3 rings (SSSR count). The molecule has 0 bridgehead atoms. The van der Waals surface area contributed by atoms with Crippen molar-refractivity contribution in [3.8, 4) is 6.07 Å². The molecular weight excluding hydrogens is 316 g/mol. The fourth-order valence-corrected chi connectivity index (χ4v) is 2.81. The number of esters is 1. The second-order valence-corrected chi connectivity index (χ2v) is 5.66. The summed E-state index contributed by atoms with van der Waals surface area (Å²) in [5, 5.41) is 9.54. The highest BCUT2D eigenvalue weighted by atomic mass is 16.5. The molecule has 0 aliphatic heterocycles. The van der Waals surface area contributed by atoms with E-state index in [0.29, 0.717) is 35.0 Å². The number of aromatic amines is 2. The highest BCUT2D eigenvalue weighted by Gasteiger charge is 2.19. The van der Waals surface area contributed by atoms with E-state index in [1.807, 2.05) is 38.1 Å². The zero-order valence-electron chi connectivity index (χ0n) is 14.3. The molecule has 0 saturated carbocycles. The molecule has 0 unspecified atom stereocenters. The van der Waals surface area contributed by atoms with E-state index < -0.39 is 0 Å². The largest absolute Gasteiger partial charge is 0.462 e. The van der Waals surface area contributed by atoms with Crippen LogP contribution >= 0.6 is 0 Å². The molecule has 2 heterocycles. The summed E-state index contributed by atoms with van der Waals surface area (Å²) >= 11 is 0. The molecule has 0 aliphatic rings. The monoisotopic (exact) mass is 334 g/mol. The van der Waals surface area contributed by atoms with Gasteiger partial charge in [0.05, 0.1) is 28.8 Å². The summed E-state index contributed by atoms with van der Waals surface area (Å²) in [6.07, 6.45) is 1.70. The normalized spacial score (nSPS) is 11.5. The van der Waals surface area contributed by atoms with Crippen molar-refractivity contribution in [2.45, 2.75) is 20.8 Å². The fourth-order valence-electron chi connectivity index (χ4n) is 2.81. The first-order valence-corrected chi connectivity index (χ1v) is 7.98. The number of carbonyl (C=O) groups is 1. The Labute approximate surface area is 145 Å². The van der Waals surface area contributed by atoms with E-state index in [2.05, 4.69) is 21.0 Å². The van der Waals surface area contributed by atoms with Gasteiger partial charge in [-0.25, -0.2) is 9.78 Å². The van der Waals surface area contributed by atoms with Gasteiger partial charge >= 0.3 is 5.97 Å². The molecule has 0 spiro atoms. The topological polar surface area (TPSA) is 94.6 Å². The lowest BCUT2D eigenvalue weighted by Gasteiger charge is -2.02. The summed E-state index contributed by atoms with van der Waals surface area (Å²) in [5.74, 6) is 0.128. The van der Waals surface area contributed by atoms with E-state index in [9.17, 15) is 10.1 Å². The predicted octanol–water partition coefficient (Wildman–Crippen LogP) is 3.75. The number of imidazole rings is 1. The molecule has 25 heavy (non-hydrogen) atoms. The molecule has 0 atom stereocenters. The smallest absolute Gasteiger partial charge is 0.340 e. The maximum Gasteiger partial charge on any atom is 0.340 e.